The number of rotatable bonds is 3. The lowest BCUT2D eigenvalue weighted by atomic mass is 9.97. The van der Waals surface area contributed by atoms with Gasteiger partial charge in [-0.05, 0) is 51.2 Å². The predicted molar refractivity (Wildman–Crippen MR) is 74.3 cm³/mol. The van der Waals surface area contributed by atoms with Crippen LogP contribution in [-0.4, -0.2) is 36.6 Å². The predicted octanol–water partition coefficient (Wildman–Crippen LogP) is 1.48. The summed E-state index contributed by atoms with van der Waals surface area (Å²) in [6.45, 7) is 1.08. The Kier molecular flexibility index (Phi) is 3.16. The molecule has 0 bridgehead atoms. The first-order chi connectivity index (χ1) is 9.15. The fraction of sp³-hybridized carbons (Fsp3) is 0.500. The number of aromatic amines is 1. The Hall–Kier alpha value is -1.59. The Morgan fingerprint density at radius 3 is 2.95 bits per heavy atom. The molecule has 1 fully saturated rings. The monoisotopic (exact) mass is 261 g/mol. The number of aromatic nitrogens is 1. The molecule has 2 aromatic rings. The lowest BCUT2D eigenvalue weighted by Crippen LogP contribution is -2.37. The lowest BCUT2D eigenvalue weighted by molar-refractivity contribution is 0.244. The van der Waals surface area contributed by atoms with Crippen LogP contribution in [0.2, 0.25) is 0 Å². The van der Waals surface area contributed by atoms with Gasteiger partial charge in [-0.2, -0.15) is 0 Å². The highest BCUT2D eigenvalue weighted by Crippen LogP contribution is 2.28. The van der Waals surface area contributed by atoms with E-state index in [4.69, 9.17) is 4.42 Å². The van der Waals surface area contributed by atoms with Crippen LogP contribution in [0, 0.1) is 0 Å². The van der Waals surface area contributed by atoms with Gasteiger partial charge in [-0.15, -0.1) is 0 Å². The topological polar surface area (TPSA) is 61.3 Å². The van der Waals surface area contributed by atoms with Gasteiger partial charge in [-0.25, -0.2) is 4.79 Å². The molecule has 1 aromatic carbocycles. The van der Waals surface area contributed by atoms with Crippen LogP contribution < -0.4 is 11.1 Å². The van der Waals surface area contributed by atoms with Gasteiger partial charge in [-0.3, -0.25) is 4.98 Å². The van der Waals surface area contributed by atoms with Crippen LogP contribution in [0.4, 0.5) is 0 Å². The fourth-order valence-electron chi connectivity index (χ4n) is 3.02. The molecule has 0 aliphatic carbocycles. The van der Waals surface area contributed by atoms with Gasteiger partial charge in [0, 0.05) is 12.1 Å². The van der Waals surface area contributed by atoms with Gasteiger partial charge in [-0.1, -0.05) is 6.07 Å². The molecule has 19 heavy (non-hydrogen) atoms. The number of nitrogens with one attached hydrogen (secondary N) is 2. The van der Waals surface area contributed by atoms with Crippen molar-refractivity contribution >= 4 is 11.1 Å². The molecule has 0 saturated carbocycles. The first-order valence-corrected chi connectivity index (χ1v) is 6.68. The maximum absolute atomic E-state index is 11.2. The van der Waals surface area contributed by atoms with Crippen molar-refractivity contribution in [3.05, 3.63) is 34.3 Å². The molecule has 2 atom stereocenters. The molecule has 102 valence electrons. The van der Waals surface area contributed by atoms with E-state index in [2.05, 4.69) is 35.4 Å². The van der Waals surface area contributed by atoms with E-state index in [1.54, 1.807) is 0 Å². The van der Waals surface area contributed by atoms with Crippen molar-refractivity contribution in [1.29, 1.82) is 0 Å². The summed E-state index contributed by atoms with van der Waals surface area (Å²) < 4.78 is 5.15. The van der Waals surface area contributed by atoms with E-state index in [9.17, 15) is 4.79 Å². The minimum absolute atomic E-state index is 0.298. The summed E-state index contributed by atoms with van der Waals surface area (Å²) in [5.41, 5.74) is 2.57. The van der Waals surface area contributed by atoms with Gasteiger partial charge >= 0.3 is 5.76 Å². The number of fused-ring (bicyclic) bond motifs is 1. The van der Waals surface area contributed by atoms with Crippen molar-refractivity contribution in [1.82, 2.24) is 15.2 Å². The van der Waals surface area contributed by atoms with Crippen LogP contribution in [0.15, 0.2) is 27.4 Å². The lowest BCUT2D eigenvalue weighted by Gasteiger charge is -2.30. The van der Waals surface area contributed by atoms with Crippen LogP contribution in [0.3, 0.4) is 0 Å². The maximum atomic E-state index is 11.2. The smallest absolute Gasteiger partial charge is 0.408 e. The van der Waals surface area contributed by atoms with E-state index < -0.39 is 5.76 Å². The summed E-state index contributed by atoms with van der Waals surface area (Å²) >= 11 is 0. The summed E-state index contributed by atoms with van der Waals surface area (Å²) in [7, 11) is 4.17. The van der Waals surface area contributed by atoms with Crippen molar-refractivity contribution in [2.75, 3.05) is 20.6 Å². The number of nitrogens with zero attached hydrogens (tertiary/aromatic N) is 1. The summed E-state index contributed by atoms with van der Waals surface area (Å²) in [6, 6.07) is 6.71. The van der Waals surface area contributed by atoms with Crippen LogP contribution in [0.5, 0.6) is 0 Å². The Bertz CT molecular complexity index is 623. The first-order valence-electron chi connectivity index (χ1n) is 6.68. The van der Waals surface area contributed by atoms with Gasteiger partial charge < -0.3 is 14.6 Å². The second kappa shape index (κ2) is 4.83. The van der Waals surface area contributed by atoms with Crippen LogP contribution >= 0.6 is 0 Å². The number of oxazole rings is 1. The Balaban J connectivity index is 2.01. The van der Waals surface area contributed by atoms with Gasteiger partial charge in [0.1, 0.15) is 0 Å². The van der Waals surface area contributed by atoms with Crippen molar-refractivity contribution in [3.63, 3.8) is 0 Å². The third-order valence-electron chi connectivity index (χ3n) is 3.82. The molecule has 3 rings (SSSR count). The normalized spacial score (nSPS) is 21.3. The van der Waals surface area contributed by atoms with E-state index in [0.717, 1.165) is 12.1 Å². The quantitative estimate of drug-likeness (QED) is 0.878. The second-order valence-electron chi connectivity index (χ2n) is 5.38. The molecule has 2 heterocycles. The van der Waals surface area contributed by atoms with E-state index in [0.29, 0.717) is 17.7 Å². The van der Waals surface area contributed by atoms with Gasteiger partial charge in [0.2, 0.25) is 0 Å². The molecule has 1 saturated heterocycles. The standard InChI is InChI=1S/C14H19N3O2/c1-17(2)13(11-4-3-7-15-11)9-5-6-10-12(8-9)19-14(18)16-10/h5-6,8,11,13,15H,3-4,7H2,1-2H3,(H,16,18). The van der Waals surface area contributed by atoms with E-state index in [1.165, 1.54) is 18.4 Å². The Morgan fingerprint density at radius 1 is 1.42 bits per heavy atom. The summed E-state index contributed by atoms with van der Waals surface area (Å²) in [6.07, 6.45) is 2.40. The average molecular weight is 261 g/mol. The second-order valence-corrected chi connectivity index (χ2v) is 5.38. The number of hydrogen-bond acceptors (Lipinski definition) is 4. The van der Waals surface area contributed by atoms with Crippen LogP contribution in [-0.2, 0) is 0 Å². The molecule has 0 radical (unpaired) electrons. The minimum Gasteiger partial charge on any atom is -0.408 e. The largest absolute Gasteiger partial charge is 0.417 e. The SMILES string of the molecule is CN(C)C(c1ccc2[nH]c(=O)oc2c1)C1CCCN1. The zero-order valence-electron chi connectivity index (χ0n) is 11.3. The summed E-state index contributed by atoms with van der Waals surface area (Å²) in [5, 5.41) is 3.55. The molecule has 1 aromatic heterocycles. The van der Waals surface area contributed by atoms with E-state index in [1.807, 2.05) is 12.1 Å². The van der Waals surface area contributed by atoms with Gasteiger partial charge in [0.25, 0.3) is 0 Å². The third-order valence-corrected chi connectivity index (χ3v) is 3.82. The molecule has 1 aliphatic heterocycles. The van der Waals surface area contributed by atoms with Gasteiger partial charge in [0.15, 0.2) is 5.58 Å². The van der Waals surface area contributed by atoms with Crippen LogP contribution in [0.1, 0.15) is 24.4 Å². The number of benzene rings is 1. The number of hydrogen-bond donors (Lipinski definition) is 2. The Morgan fingerprint density at radius 2 is 2.26 bits per heavy atom. The van der Waals surface area contributed by atoms with Crippen molar-refractivity contribution in [3.8, 4) is 0 Å². The van der Waals surface area contributed by atoms with Crippen LogP contribution in [0.25, 0.3) is 11.1 Å². The minimum atomic E-state index is -0.396. The van der Waals surface area contributed by atoms with E-state index in [-0.39, 0.29) is 0 Å². The van der Waals surface area contributed by atoms with Crippen molar-refractivity contribution < 1.29 is 4.42 Å². The zero-order valence-corrected chi connectivity index (χ0v) is 11.3. The van der Waals surface area contributed by atoms with Crippen molar-refractivity contribution in [2.45, 2.75) is 24.9 Å². The Labute approximate surface area is 111 Å². The highest BCUT2D eigenvalue weighted by Gasteiger charge is 2.27. The average Bonchev–Trinajstić information content (AvgIpc) is 2.96. The first kappa shape index (κ1) is 12.4. The molecule has 5 heteroatoms. The number of likely N-dealkylation sites (N-methyl/N-ethyl adjacent to an activating group) is 1. The zero-order chi connectivity index (χ0) is 13.4. The molecule has 5 nitrogen and oxygen atoms in total. The molecule has 2 unspecified atom stereocenters. The van der Waals surface area contributed by atoms with Crippen molar-refractivity contribution in [2.24, 2.45) is 0 Å². The molecular weight excluding hydrogens is 242 g/mol. The molecule has 2 N–H and O–H groups in total. The molecule has 0 spiro atoms. The van der Waals surface area contributed by atoms with E-state index >= 15 is 0 Å². The maximum Gasteiger partial charge on any atom is 0.417 e. The highest BCUT2D eigenvalue weighted by molar-refractivity contribution is 5.72. The molecular formula is C14H19N3O2. The molecule has 1 aliphatic rings. The highest BCUT2D eigenvalue weighted by atomic mass is 16.4. The molecule has 0 amide bonds. The third kappa shape index (κ3) is 2.31. The van der Waals surface area contributed by atoms with Gasteiger partial charge in [0.05, 0.1) is 5.52 Å². The summed E-state index contributed by atoms with van der Waals surface area (Å²) in [5.74, 6) is -0.396. The fourth-order valence-corrected chi connectivity index (χ4v) is 3.02. The summed E-state index contributed by atoms with van der Waals surface area (Å²) in [4.78, 5) is 16.1. The number of H-pyrrole nitrogens is 1.